The number of aryl methyl sites for hydroxylation is 1. The van der Waals surface area contributed by atoms with Crippen molar-refractivity contribution in [2.75, 3.05) is 19.7 Å². The molecule has 1 N–H and O–H groups in total. The van der Waals surface area contributed by atoms with Gasteiger partial charge in [-0.2, -0.15) is 0 Å². The highest BCUT2D eigenvalue weighted by Crippen LogP contribution is 2.33. The van der Waals surface area contributed by atoms with E-state index in [0.717, 1.165) is 49.0 Å². The Hall–Kier alpha value is -1.93. The molecule has 6 nitrogen and oxygen atoms in total. The molecule has 1 heterocycles. The highest BCUT2D eigenvalue weighted by Gasteiger charge is 2.30. The third kappa shape index (κ3) is 5.90. The molecular formula is C24H29ClN2O4S. The van der Waals surface area contributed by atoms with Crippen LogP contribution in [0, 0.1) is 18.8 Å². The fourth-order valence-electron chi connectivity index (χ4n) is 3.97. The van der Waals surface area contributed by atoms with Gasteiger partial charge < -0.3 is 4.74 Å². The quantitative estimate of drug-likeness (QED) is 0.400. The number of hydrogen-bond acceptors (Lipinski definition) is 5. The Kier molecular flexibility index (Phi) is 7.20. The van der Waals surface area contributed by atoms with Gasteiger partial charge in [-0.25, -0.2) is 13.4 Å². The van der Waals surface area contributed by atoms with Crippen LogP contribution in [0.3, 0.4) is 0 Å². The van der Waals surface area contributed by atoms with Crippen molar-refractivity contribution in [2.24, 2.45) is 11.8 Å². The molecule has 4 rings (SSSR count). The lowest BCUT2D eigenvalue weighted by Gasteiger charge is -2.18. The molecule has 8 heteroatoms. The summed E-state index contributed by atoms with van der Waals surface area (Å²) in [5.41, 5.74) is 1.61. The van der Waals surface area contributed by atoms with Crippen molar-refractivity contribution < 1.29 is 17.9 Å². The molecule has 0 bridgehead atoms. The standard InChI is InChI=1S/C24H29ClN2O4S/c1-17-4-11-22(15-23(17)25)32(29,30)26-27-13-12-18(16-27)3-2-14-31-21-9-7-20(8-10-21)24(28)19-5-6-19/h4,7-11,15,18-19,26H,2-3,5-6,12-14,16H2,1H3/t18-/m1/s1. The second kappa shape index (κ2) is 9.91. The summed E-state index contributed by atoms with van der Waals surface area (Å²) < 4.78 is 31.1. The third-order valence-electron chi connectivity index (χ3n) is 6.10. The predicted octanol–water partition coefficient (Wildman–Crippen LogP) is 4.62. The Balaban J connectivity index is 1.18. The molecule has 1 saturated heterocycles. The maximum absolute atomic E-state index is 12.6. The van der Waals surface area contributed by atoms with Gasteiger partial charge in [0.2, 0.25) is 0 Å². The van der Waals surface area contributed by atoms with Crippen molar-refractivity contribution in [1.29, 1.82) is 0 Å². The van der Waals surface area contributed by atoms with Crippen LogP contribution in [0.4, 0.5) is 0 Å². The van der Waals surface area contributed by atoms with Crippen LogP contribution in [0.15, 0.2) is 47.4 Å². The van der Waals surface area contributed by atoms with Crippen LogP contribution in [0.2, 0.25) is 5.02 Å². The van der Waals surface area contributed by atoms with E-state index in [1.807, 2.05) is 31.2 Å². The molecule has 2 aromatic rings. The number of Topliss-reactive ketones (excluding diaryl/α,β-unsaturated/α-hetero) is 1. The molecule has 1 atom stereocenters. The van der Waals surface area contributed by atoms with E-state index in [9.17, 15) is 13.2 Å². The van der Waals surface area contributed by atoms with Crippen LogP contribution < -0.4 is 9.57 Å². The van der Waals surface area contributed by atoms with Gasteiger partial charge in [-0.15, -0.1) is 4.83 Å². The maximum Gasteiger partial charge on any atom is 0.253 e. The van der Waals surface area contributed by atoms with Crippen LogP contribution in [0.1, 0.15) is 48.0 Å². The number of ether oxygens (including phenoxy) is 1. The minimum Gasteiger partial charge on any atom is -0.494 e. The number of nitrogens with zero attached hydrogens (tertiary/aromatic N) is 1. The van der Waals surface area contributed by atoms with E-state index in [2.05, 4.69) is 4.83 Å². The second-order valence-electron chi connectivity index (χ2n) is 8.76. The van der Waals surface area contributed by atoms with E-state index in [4.69, 9.17) is 16.3 Å². The summed E-state index contributed by atoms with van der Waals surface area (Å²) in [6.45, 7) is 3.80. The summed E-state index contributed by atoms with van der Waals surface area (Å²) in [6.07, 6.45) is 4.82. The third-order valence-corrected chi connectivity index (χ3v) is 7.88. The summed E-state index contributed by atoms with van der Waals surface area (Å²) in [4.78, 5) is 14.9. The van der Waals surface area contributed by atoms with Gasteiger partial charge in [0, 0.05) is 29.6 Å². The second-order valence-corrected chi connectivity index (χ2v) is 10.8. The average Bonchev–Trinajstić information content (AvgIpc) is 3.53. The number of benzene rings is 2. The van der Waals surface area contributed by atoms with Crippen molar-refractivity contribution in [3.8, 4) is 5.75 Å². The van der Waals surface area contributed by atoms with Crippen LogP contribution in [-0.4, -0.2) is 38.9 Å². The van der Waals surface area contributed by atoms with Crippen LogP contribution in [-0.2, 0) is 10.0 Å². The number of halogens is 1. The smallest absolute Gasteiger partial charge is 0.253 e. The minimum atomic E-state index is -3.64. The first-order valence-electron chi connectivity index (χ1n) is 11.1. The Bertz CT molecular complexity index is 1070. The number of rotatable bonds is 10. The lowest BCUT2D eigenvalue weighted by molar-refractivity contribution is 0.0967. The van der Waals surface area contributed by atoms with Crippen LogP contribution in [0.25, 0.3) is 0 Å². The van der Waals surface area contributed by atoms with Crippen molar-refractivity contribution in [2.45, 2.75) is 43.9 Å². The van der Waals surface area contributed by atoms with Gasteiger partial charge >= 0.3 is 0 Å². The first kappa shape index (κ1) is 23.2. The highest BCUT2D eigenvalue weighted by atomic mass is 35.5. The number of hydrazine groups is 1. The van der Waals surface area contributed by atoms with Gasteiger partial charge in [0.1, 0.15) is 5.75 Å². The number of sulfonamides is 1. The summed E-state index contributed by atoms with van der Waals surface area (Å²) >= 11 is 6.08. The van der Waals surface area contributed by atoms with Crippen molar-refractivity contribution in [3.63, 3.8) is 0 Å². The zero-order valence-electron chi connectivity index (χ0n) is 18.2. The molecule has 172 valence electrons. The average molecular weight is 477 g/mol. The van der Waals surface area contributed by atoms with Gasteiger partial charge in [-0.05, 0) is 86.9 Å². The Morgan fingerprint density at radius 2 is 1.91 bits per heavy atom. The van der Waals surface area contributed by atoms with Gasteiger partial charge in [0.15, 0.2) is 5.78 Å². The lowest BCUT2D eigenvalue weighted by Crippen LogP contribution is -2.40. The monoisotopic (exact) mass is 476 g/mol. The molecule has 1 aliphatic heterocycles. The number of hydrogen-bond donors (Lipinski definition) is 1. The number of nitrogens with one attached hydrogen (secondary N) is 1. The molecule has 0 aromatic heterocycles. The zero-order valence-corrected chi connectivity index (χ0v) is 19.8. The molecule has 0 radical (unpaired) electrons. The van der Waals surface area contributed by atoms with Crippen molar-refractivity contribution in [3.05, 3.63) is 58.6 Å². The first-order chi connectivity index (χ1) is 15.3. The molecule has 0 unspecified atom stereocenters. The fourth-order valence-corrected chi connectivity index (χ4v) is 5.35. The minimum absolute atomic E-state index is 0.176. The van der Waals surface area contributed by atoms with E-state index in [1.165, 1.54) is 6.07 Å². The highest BCUT2D eigenvalue weighted by molar-refractivity contribution is 7.89. The van der Waals surface area contributed by atoms with Gasteiger partial charge in [0.25, 0.3) is 10.0 Å². The molecule has 0 amide bonds. The van der Waals surface area contributed by atoms with E-state index < -0.39 is 10.0 Å². The summed E-state index contributed by atoms with van der Waals surface area (Å²) in [6, 6.07) is 12.2. The van der Waals surface area contributed by atoms with Gasteiger partial charge in [-0.1, -0.05) is 17.7 Å². The summed E-state index contributed by atoms with van der Waals surface area (Å²) in [5.74, 6) is 1.66. The van der Waals surface area contributed by atoms with Gasteiger partial charge in [-0.3, -0.25) is 4.79 Å². The lowest BCUT2D eigenvalue weighted by atomic mass is 10.0. The first-order valence-corrected chi connectivity index (χ1v) is 13.0. The number of carbonyl (C=O) groups excluding carboxylic acids is 1. The molecule has 0 spiro atoms. The molecule has 32 heavy (non-hydrogen) atoms. The number of ketones is 1. The van der Waals surface area contributed by atoms with E-state index >= 15 is 0 Å². The zero-order chi connectivity index (χ0) is 22.7. The number of carbonyl (C=O) groups is 1. The Labute approximate surface area is 194 Å². The molecule has 2 aliphatic rings. The van der Waals surface area contributed by atoms with Gasteiger partial charge in [0.05, 0.1) is 11.5 Å². The fraction of sp³-hybridized carbons (Fsp3) is 0.458. The summed E-state index contributed by atoms with van der Waals surface area (Å²) in [7, 11) is -3.64. The normalized spacial score (nSPS) is 19.2. The Morgan fingerprint density at radius 1 is 1.16 bits per heavy atom. The maximum atomic E-state index is 12.6. The van der Waals surface area contributed by atoms with E-state index in [0.29, 0.717) is 30.6 Å². The summed E-state index contributed by atoms with van der Waals surface area (Å²) in [5, 5.41) is 2.21. The van der Waals surface area contributed by atoms with Crippen LogP contribution >= 0.6 is 11.6 Å². The SMILES string of the molecule is Cc1ccc(S(=O)(=O)NN2CC[C@@H](CCCOc3ccc(C(=O)C4CC4)cc3)C2)cc1Cl. The molecule has 1 saturated carbocycles. The largest absolute Gasteiger partial charge is 0.494 e. The molecule has 1 aliphatic carbocycles. The van der Waals surface area contributed by atoms with E-state index in [-0.39, 0.29) is 16.6 Å². The molecule has 2 aromatic carbocycles. The topological polar surface area (TPSA) is 75.7 Å². The van der Waals surface area contributed by atoms with Crippen molar-refractivity contribution in [1.82, 2.24) is 9.84 Å². The Morgan fingerprint density at radius 3 is 2.59 bits per heavy atom. The molecule has 2 fully saturated rings. The van der Waals surface area contributed by atoms with Crippen molar-refractivity contribution >= 4 is 27.4 Å². The van der Waals surface area contributed by atoms with E-state index in [1.54, 1.807) is 17.1 Å². The predicted molar refractivity (Wildman–Crippen MR) is 124 cm³/mol. The molecular weight excluding hydrogens is 448 g/mol. The van der Waals surface area contributed by atoms with Crippen LogP contribution in [0.5, 0.6) is 5.75 Å².